The normalized spacial score (nSPS) is 13.1. The Labute approximate surface area is 205 Å². The zero-order chi connectivity index (χ0) is 24.4. The van der Waals surface area contributed by atoms with Crippen molar-refractivity contribution >= 4 is 0 Å². The summed E-state index contributed by atoms with van der Waals surface area (Å²) in [5.41, 5.74) is 2.05. The van der Waals surface area contributed by atoms with E-state index in [1.807, 2.05) is 24.3 Å². The quantitative estimate of drug-likeness (QED) is 0.191. The number of halogens is 2. The van der Waals surface area contributed by atoms with Gasteiger partial charge in [-0.05, 0) is 31.2 Å². The van der Waals surface area contributed by atoms with Crippen molar-refractivity contribution in [2.75, 3.05) is 6.61 Å². The number of rotatable bonds is 19. The molecule has 0 fully saturated rings. The smallest absolute Gasteiger partial charge is 0.159 e. The van der Waals surface area contributed by atoms with Crippen LogP contribution in [0.15, 0.2) is 36.7 Å². The molecule has 0 saturated carbocycles. The first-order valence-electron chi connectivity index (χ1n) is 13.4. The van der Waals surface area contributed by atoms with Crippen LogP contribution in [0.5, 0.6) is 5.75 Å². The van der Waals surface area contributed by atoms with Crippen molar-refractivity contribution in [1.29, 1.82) is 0 Å². The molecule has 0 saturated heterocycles. The van der Waals surface area contributed by atoms with Crippen LogP contribution in [0.4, 0.5) is 8.78 Å². The largest absolute Gasteiger partial charge is 0.490 e. The number of nitrogens with zero attached hydrogens (tertiary/aromatic N) is 2. The monoisotopic (exact) mass is 474 g/mol. The minimum atomic E-state index is -0.812. The van der Waals surface area contributed by atoms with E-state index < -0.39 is 12.3 Å². The fourth-order valence-corrected chi connectivity index (χ4v) is 4.04. The predicted octanol–water partition coefficient (Wildman–Crippen LogP) is 8.85. The molecule has 1 heterocycles. The van der Waals surface area contributed by atoms with Crippen molar-refractivity contribution in [3.63, 3.8) is 0 Å². The van der Waals surface area contributed by atoms with E-state index in [0.717, 1.165) is 49.7 Å². The third-order valence-electron chi connectivity index (χ3n) is 6.28. The van der Waals surface area contributed by atoms with Crippen LogP contribution in [-0.4, -0.2) is 28.9 Å². The predicted molar refractivity (Wildman–Crippen MR) is 138 cm³/mol. The fraction of sp³-hybridized carbons (Fsp3) is 0.655. The second-order valence-corrected chi connectivity index (χ2v) is 9.36. The van der Waals surface area contributed by atoms with Crippen LogP contribution in [0, 0.1) is 0 Å². The van der Waals surface area contributed by atoms with Crippen LogP contribution in [0.1, 0.15) is 103 Å². The molecule has 2 rings (SSSR count). The van der Waals surface area contributed by atoms with E-state index in [4.69, 9.17) is 4.74 Å². The summed E-state index contributed by atoms with van der Waals surface area (Å²) in [6.45, 7) is 4.66. The van der Waals surface area contributed by atoms with Crippen LogP contribution < -0.4 is 4.74 Å². The maximum absolute atomic E-state index is 14.2. The summed E-state index contributed by atoms with van der Waals surface area (Å²) in [5, 5.41) is 0. The van der Waals surface area contributed by atoms with Crippen LogP contribution in [0.3, 0.4) is 0 Å². The summed E-state index contributed by atoms with van der Waals surface area (Å²) in [6, 6.07) is 8.02. The summed E-state index contributed by atoms with van der Waals surface area (Å²) in [7, 11) is 0. The highest BCUT2D eigenvalue weighted by Gasteiger charge is 2.09. The van der Waals surface area contributed by atoms with Gasteiger partial charge in [-0.25, -0.2) is 18.7 Å². The van der Waals surface area contributed by atoms with Gasteiger partial charge in [0, 0.05) is 12.0 Å². The molecule has 0 unspecified atom stereocenters. The number of aryl methyl sites for hydroxylation is 1. The fourth-order valence-electron chi connectivity index (χ4n) is 4.04. The number of hydrogen-bond donors (Lipinski definition) is 0. The minimum absolute atomic E-state index is 0.332. The van der Waals surface area contributed by atoms with Gasteiger partial charge in [-0.3, -0.25) is 0 Å². The van der Waals surface area contributed by atoms with Crippen molar-refractivity contribution in [1.82, 2.24) is 9.97 Å². The zero-order valence-corrected chi connectivity index (χ0v) is 21.3. The molecular weight excluding hydrogens is 430 g/mol. The molecule has 0 radical (unpaired) electrons. The minimum Gasteiger partial charge on any atom is -0.490 e. The van der Waals surface area contributed by atoms with Gasteiger partial charge in [-0.1, -0.05) is 95.9 Å². The van der Waals surface area contributed by atoms with Gasteiger partial charge in [-0.15, -0.1) is 0 Å². The molecule has 0 N–H and O–H groups in total. The molecule has 1 aromatic carbocycles. The van der Waals surface area contributed by atoms with Gasteiger partial charge in [-0.2, -0.15) is 0 Å². The second kappa shape index (κ2) is 17.4. The Morgan fingerprint density at radius 3 is 1.94 bits per heavy atom. The Kier molecular flexibility index (Phi) is 14.4. The first-order valence-corrected chi connectivity index (χ1v) is 13.4. The number of unbranched alkanes of at least 4 members (excludes halogenated alkanes) is 7. The molecule has 0 bridgehead atoms. The summed E-state index contributed by atoms with van der Waals surface area (Å²) >= 11 is 0. The molecule has 0 spiro atoms. The molecule has 0 aliphatic carbocycles. The highest BCUT2D eigenvalue weighted by molar-refractivity contribution is 5.55. The second-order valence-electron chi connectivity index (χ2n) is 9.36. The van der Waals surface area contributed by atoms with E-state index in [1.54, 1.807) is 12.4 Å². The molecular formula is C29H44F2N2O. The maximum atomic E-state index is 14.2. The van der Waals surface area contributed by atoms with Crippen molar-refractivity contribution in [2.45, 2.75) is 116 Å². The number of benzene rings is 1. The average molecular weight is 475 g/mol. The lowest BCUT2D eigenvalue weighted by Gasteiger charge is -2.10. The SMILES string of the molecule is CCCCCCCC[C@@H](F)CCc1ccc(-c2ncc(OCC[C@@H](F)CCCCC)cn2)cc1. The molecule has 0 amide bonds. The van der Waals surface area contributed by atoms with Crippen LogP contribution >= 0.6 is 0 Å². The van der Waals surface area contributed by atoms with Gasteiger partial charge in [0.1, 0.15) is 12.3 Å². The number of hydrogen-bond acceptors (Lipinski definition) is 3. The summed E-state index contributed by atoms with van der Waals surface area (Å²) in [5.74, 6) is 1.17. The number of ether oxygens (including phenoxy) is 1. The Bertz CT molecular complexity index is 752. The lowest BCUT2D eigenvalue weighted by Crippen LogP contribution is -2.08. The Morgan fingerprint density at radius 1 is 0.706 bits per heavy atom. The zero-order valence-electron chi connectivity index (χ0n) is 21.3. The van der Waals surface area contributed by atoms with Crippen molar-refractivity contribution in [3.8, 4) is 17.1 Å². The molecule has 3 nitrogen and oxygen atoms in total. The van der Waals surface area contributed by atoms with Crippen molar-refractivity contribution in [2.24, 2.45) is 0 Å². The average Bonchev–Trinajstić information content (AvgIpc) is 2.86. The third-order valence-corrected chi connectivity index (χ3v) is 6.28. The molecule has 190 valence electrons. The molecule has 2 atom stereocenters. The summed E-state index contributed by atoms with van der Waals surface area (Å²) in [6.07, 6.45) is 15.0. The molecule has 34 heavy (non-hydrogen) atoms. The van der Waals surface area contributed by atoms with Gasteiger partial charge >= 0.3 is 0 Å². The van der Waals surface area contributed by atoms with Crippen molar-refractivity contribution < 1.29 is 13.5 Å². The molecule has 1 aromatic heterocycles. The van der Waals surface area contributed by atoms with Gasteiger partial charge < -0.3 is 4.74 Å². The van der Waals surface area contributed by atoms with Gasteiger partial charge in [0.05, 0.1) is 19.0 Å². The van der Waals surface area contributed by atoms with Crippen LogP contribution in [0.25, 0.3) is 11.4 Å². The lowest BCUT2D eigenvalue weighted by atomic mass is 10.0. The van der Waals surface area contributed by atoms with E-state index in [2.05, 4.69) is 23.8 Å². The summed E-state index contributed by atoms with van der Waals surface area (Å²) < 4.78 is 33.6. The first kappa shape index (κ1) is 28.2. The van der Waals surface area contributed by atoms with E-state index in [0.29, 0.717) is 43.9 Å². The first-order chi connectivity index (χ1) is 16.6. The molecule has 0 aliphatic rings. The topological polar surface area (TPSA) is 35.0 Å². The number of alkyl halides is 2. The highest BCUT2D eigenvalue weighted by Crippen LogP contribution is 2.20. The lowest BCUT2D eigenvalue weighted by molar-refractivity contribution is 0.222. The van der Waals surface area contributed by atoms with E-state index >= 15 is 0 Å². The standard InChI is InChI=1S/C29H44F2N2O/c1-3-5-7-8-9-11-13-26(30)19-16-24-14-17-25(18-15-24)29-32-22-28(23-33-29)34-21-20-27(31)12-10-6-4-2/h14-15,17-18,22-23,26-27H,3-13,16,19-21H2,1-2H3/t26-,27+/m1/s1. The summed E-state index contributed by atoms with van der Waals surface area (Å²) in [4.78, 5) is 8.76. The molecule has 2 aromatic rings. The van der Waals surface area contributed by atoms with Crippen LogP contribution in [0.2, 0.25) is 0 Å². The van der Waals surface area contributed by atoms with Gasteiger partial charge in [0.15, 0.2) is 11.6 Å². The Morgan fingerprint density at radius 2 is 1.26 bits per heavy atom. The third kappa shape index (κ3) is 11.9. The molecule has 5 heteroatoms. The van der Waals surface area contributed by atoms with Crippen molar-refractivity contribution in [3.05, 3.63) is 42.2 Å². The van der Waals surface area contributed by atoms with Crippen LogP contribution in [-0.2, 0) is 6.42 Å². The maximum Gasteiger partial charge on any atom is 0.159 e. The van der Waals surface area contributed by atoms with E-state index in [-0.39, 0.29) is 0 Å². The van der Waals surface area contributed by atoms with E-state index in [1.165, 1.54) is 25.7 Å². The Hall–Kier alpha value is -2.04. The molecule has 0 aliphatic heterocycles. The van der Waals surface area contributed by atoms with E-state index in [9.17, 15) is 8.78 Å². The highest BCUT2D eigenvalue weighted by atomic mass is 19.1. The Balaban J connectivity index is 1.68. The van der Waals surface area contributed by atoms with Gasteiger partial charge in [0.2, 0.25) is 0 Å². The number of aromatic nitrogens is 2. The van der Waals surface area contributed by atoms with Gasteiger partial charge in [0.25, 0.3) is 0 Å².